The predicted octanol–water partition coefficient (Wildman–Crippen LogP) is 2.30. The van der Waals surface area contributed by atoms with Crippen LogP contribution in [0.1, 0.15) is 0 Å². The van der Waals surface area contributed by atoms with Gasteiger partial charge in [-0.1, -0.05) is 23.5 Å². The Bertz CT molecular complexity index is 614. The highest BCUT2D eigenvalue weighted by Crippen LogP contribution is 2.15. The van der Waals surface area contributed by atoms with Crippen LogP contribution >= 0.6 is 70.6 Å². The Labute approximate surface area is 246 Å². The Morgan fingerprint density at radius 3 is 2.30 bits per heavy atom. The standard InChI is InChI=1S/C18H34N4O8S7/c23-1-5-31-7-3-28-17(25)21-12-34-11-20-14-37(27)16-35-15-36-18(26)22-13-33-10-19-9-30-29-4-8-32-6-2-24/h9,14,23-24H,1-8,10-13,15-16H2,(H,21,25)(H,22,26)/b19-9-,20-14+. The molecule has 0 radical (unpaired) electrons. The fourth-order valence-electron chi connectivity index (χ4n) is 1.63. The maximum Gasteiger partial charge on any atom is 0.407 e. The van der Waals surface area contributed by atoms with Crippen LogP contribution in [0.15, 0.2) is 9.98 Å². The molecule has 4 N–H and O–H groups in total. The number of nitrogens with zero attached hydrogens (tertiary/aromatic N) is 2. The first-order valence-corrected chi connectivity index (χ1v) is 18.8. The molecule has 37 heavy (non-hydrogen) atoms. The molecule has 0 bridgehead atoms. The Morgan fingerprint density at radius 2 is 1.57 bits per heavy atom. The molecule has 12 nitrogen and oxygen atoms in total. The fraction of sp³-hybridized carbons (Fsp3) is 0.778. The van der Waals surface area contributed by atoms with Gasteiger partial charge in [-0.15, -0.1) is 23.5 Å². The molecule has 0 aliphatic rings. The third kappa shape index (κ3) is 30.6. The molecule has 0 saturated heterocycles. The highest BCUT2D eigenvalue weighted by atomic mass is 32.3. The molecule has 0 heterocycles. The highest BCUT2D eigenvalue weighted by Gasteiger charge is 2.06. The van der Waals surface area contributed by atoms with Crippen molar-refractivity contribution in [3.63, 3.8) is 0 Å². The van der Waals surface area contributed by atoms with Crippen LogP contribution in [-0.2, 0) is 25.7 Å². The van der Waals surface area contributed by atoms with Crippen molar-refractivity contribution in [2.45, 2.75) is 0 Å². The number of aliphatic imine (C=N–C) groups is 2. The van der Waals surface area contributed by atoms with Gasteiger partial charge in [-0.2, -0.15) is 28.4 Å². The van der Waals surface area contributed by atoms with Gasteiger partial charge in [-0.25, -0.2) is 14.8 Å². The van der Waals surface area contributed by atoms with Crippen molar-refractivity contribution in [3.8, 4) is 0 Å². The van der Waals surface area contributed by atoms with Gasteiger partial charge in [0.25, 0.3) is 5.24 Å². The van der Waals surface area contributed by atoms with Gasteiger partial charge in [0, 0.05) is 34.2 Å². The monoisotopic (exact) mass is 658 g/mol. The molecule has 19 heteroatoms. The molecule has 2 amide bonds. The van der Waals surface area contributed by atoms with E-state index in [1.807, 2.05) is 0 Å². The van der Waals surface area contributed by atoms with E-state index >= 15 is 0 Å². The number of carbonyl (C=O) groups is 2. The summed E-state index contributed by atoms with van der Waals surface area (Å²) in [7, 11) is 0. The molecule has 1 unspecified atom stereocenters. The van der Waals surface area contributed by atoms with Crippen LogP contribution in [0.4, 0.5) is 9.59 Å². The third-order valence-electron chi connectivity index (χ3n) is 3.06. The Hall–Kier alpha value is 0.170. The normalized spacial score (nSPS) is 12.2. The average molecular weight is 659 g/mol. The minimum atomic E-state index is -1.24. The molecular formula is C18H34N4O8S7. The maximum absolute atomic E-state index is 11.9. The second kappa shape index (κ2) is 30.7. The van der Waals surface area contributed by atoms with E-state index in [4.69, 9.17) is 24.7 Å². The molecular weight excluding hydrogens is 625 g/mol. The summed E-state index contributed by atoms with van der Waals surface area (Å²) >= 11 is 7.04. The second-order valence-electron chi connectivity index (χ2n) is 5.86. The summed E-state index contributed by atoms with van der Waals surface area (Å²) in [5.74, 6) is 4.13. The van der Waals surface area contributed by atoms with Crippen LogP contribution in [-0.4, -0.2) is 121 Å². The van der Waals surface area contributed by atoms with E-state index in [0.29, 0.717) is 57.5 Å². The van der Waals surface area contributed by atoms with Crippen LogP contribution in [0.2, 0.25) is 0 Å². The third-order valence-corrected chi connectivity index (χ3v) is 9.80. The first-order chi connectivity index (χ1) is 18.1. The molecule has 1 atom stereocenters. The summed E-state index contributed by atoms with van der Waals surface area (Å²) < 4.78 is 16.8. The minimum Gasteiger partial charge on any atom is -0.610 e. The van der Waals surface area contributed by atoms with E-state index < -0.39 is 17.3 Å². The lowest BCUT2D eigenvalue weighted by atomic mass is 10.8. The number of hydrogen-bond acceptors (Lipinski definition) is 16. The van der Waals surface area contributed by atoms with E-state index in [-0.39, 0.29) is 25.1 Å². The van der Waals surface area contributed by atoms with Crippen molar-refractivity contribution < 1.29 is 38.9 Å². The van der Waals surface area contributed by atoms with E-state index in [1.54, 1.807) is 11.8 Å². The van der Waals surface area contributed by atoms with Crippen molar-refractivity contribution in [1.82, 2.24) is 10.6 Å². The van der Waals surface area contributed by atoms with Gasteiger partial charge in [0.2, 0.25) is 11.9 Å². The molecule has 0 fully saturated rings. The van der Waals surface area contributed by atoms with Crippen LogP contribution in [0.25, 0.3) is 0 Å². The lowest BCUT2D eigenvalue weighted by Crippen LogP contribution is -2.24. The average Bonchev–Trinajstić information content (AvgIpc) is 2.89. The first-order valence-electron chi connectivity index (χ1n) is 10.7. The molecule has 0 aliphatic carbocycles. The molecule has 0 aromatic rings. The van der Waals surface area contributed by atoms with Gasteiger partial charge in [-0.3, -0.25) is 4.79 Å². The van der Waals surface area contributed by atoms with Crippen molar-refractivity contribution >= 4 is 105 Å². The quantitative estimate of drug-likeness (QED) is 0.0214. The van der Waals surface area contributed by atoms with Gasteiger partial charge in [0.1, 0.15) is 13.2 Å². The first kappa shape index (κ1) is 37.2. The summed E-state index contributed by atoms with van der Waals surface area (Å²) in [4.78, 5) is 40.8. The topological polar surface area (TPSA) is 174 Å². The minimum absolute atomic E-state index is 0.104. The van der Waals surface area contributed by atoms with Crippen molar-refractivity contribution in [1.29, 1.82) is 0 Å². The summed E-state index contributed by atoms with van der Waals surface area (Å²) in [6.07, 6.45) is 0.697. The number of aliphatic hydroxyl groups is 2. The van der Waals surface area contributed by atoms with Crippen molar-refractivity contribution in [3.05, 3.63) is 0 Å². The summed E-state index contributed by atoms with van der Waals surface area (Å²) in [6.45, 7) is 0.933. The molecule has 0 rings (SSSR count). The van der Waals surface area contributed by atoms with Crippen LogP contribution < -0.4 is 10.6 Å². The summed E-state index contributed by atoms with van der Waals surface area (Å²) in [6, 6.07) is 0. The van der Waals surface area contributed by atoms with Crippen LogP contribution in [0.3, 0.4) is 0 Å². The number of alkyl carbamates (subject to hydrolysis) is 1. The van der Waals surface area contributed by atoms with Gasteiger partial charge < -0.3 is 35.0 Å². The number of ether oxygens (including phenoxy) is 1. The summed E-state index contributed by atoms with van der Waals surface area (Å²) in [5, 5.41) is 23.2. The lowest BCUT2D eigenvalue weighted by molar-refractivity contribution is -0.210. The SMILES string of the molecule is O=C(NCSC/N=C/[S+]([O-])CSCSC(=O)NCSC/N=C\OOCCSCCO)OCCSCCO. The predicted molar refractivity (Wildman–Crippen MR) is 164 cm³/mol. The number of thioether (sulfide) groups is 6. The van der Waals surface area contributed by atoms with Crippen LogP contribution in [0, 0.1) is 0 Å². The number of nitrogens with one attached hydrogen (secondary N) is 2. The van der Waals surface area contributed by atoms with E-state index in [0.717, 1.165) is 17.5 Å². The van der Waals surface area contributed by atoms with Gasteiger partial charge in [0.15, 0.2) is 5.08 Å². The largest absolute Gasteiger partial charge is 0.610 e. The number of aliphatic hydroxyl groups excluding tert-OH is 2. The van der Waals surface area contributed by atoms with Crippen molar-refractivity contribution in [2.75, 3.05) is 83.1 Å². The zero-order chi connectivity index (χ0) is 27.2. The van der Waals surface area contributed by atoms with E-state index in [1.165, 1.54) is 59.0 Å². The van der Waals surface area contributed by atoms with Crippen LogP contribution in [0.5, 0.6) is 0 Å². The molecule has 0 saturated carbocycles. The number of hydrogen-bond donors (Lipinski definition) is 4. The Morgan fingerprint density at radius 1 is 0.892 bits per heavy atom. The van der Waals surface area contributed by atoms with Gasteiger partial charge in [-0.05, 0) is 0 Å². The zero-order valence-electron chi connectivity index (χ0n) is 20.2. The van der Waals surface area contributed by atoms with E-state index in [9.17, 15) is 14.1 Å². The number of rotatable bonds is 25. The fourth-order valence-corrected chi connectivity index (χ4v) is 6.82. The van der Waals surface area contributed by atoms with Gasteiger partial charge >= 0.3 is 6.09 Å². The molecule has 216 valence electrons. The lowest BCUT2D eigenvalue weighted by Gasteiger charge is -2.06. The zero-order valence-corrected chi connectivity index (χ0v) is 25.9. The number of amides is 2. The van der Waals surface area contributed by atoms with Gasteiger partial charge in [0.05, 0.1) is 41.8 Å². The molecule has 0 aromatic heterocycles. The maximum atomic E-state index is 11.9. The van der Waals surface area contributed by atoms with Crippen molar-refractivity contribution in [2.24, 2.45) is 9.98 Å². The van der Waals surface area contributed by atoms with E-state index in [2.05, 4.69) is 20.6 Å². The molecule has 0 aromatic carbocycles. The molecule has 0 spiro atoms. The Balaban J connectivity index is 3.49. The number of carbonyl (C=O) groups excluding carboxylic acids is 2. The summed E-state index contributed by atoms with van der Waals surface area (Å²) in [5.41, 5.74) is 1.36. The highest BCUT2D eigenvalue weighted by molar-refractivity contribution is 8.27. The molecule has 0 aliphatic heterocycles. The second-order valence-corrected chi connectivity index (χ2v) is 14.1. The smallest absolute Gasteiger partial charge is 0.407 e. The Kier molecular flexibility index (Phi) is 30.8.